The molecule has 2 heterocycles. The van der Waals surface area contributed by atoms with E-state index >= 15 is 0 Å². The highest BCUT2D eigenvalue weighted by Crippen LogP contribution is 2.39. The maximum absolute atomic E-state index is 12.6. The van der Waals surface area contributed by atoms with Crippen LogP contribution < -0.4 is 15.7 Å². The number of benzene rings is 1. The molecule has 35 heavy (non-hydrogen) atoms. The van der Waals surface area contributed by atoms with Crippen molar-refractivity contribution in [1.29, 1.82) is 0 Å². The van der Waals surface area contributed by atoms with Crippen molar-refractivity contribution in [3.63, 3.8) is 0 Å². The summed E-state index contributed by atoms with van der Waals surface area (Å²) in [4.78, 5) is 38.8. The zero-order chi connectivity index (χ0) is 25.0. The summed E-state index contributed by atoms with van der Waals surface area (Å²) in [5.74, 6) is 0.0326. The van der Waals surface area contributed by atoms with Crippen LogP contribution in [0.2, 0.25) is 0 Å². The third kappa shape index (κ3) is 5.69. The van der Waals surface area contributed by atoms with Crippen LogP contribution in [0.15, 0.2) is 27.4 Å². The molecule has 8 heteroatoms. The number of fused-ring (bicyclic) bond motifs is 2. The molecule has 1 aromatic carbocycles. The summed E-state index contributed by atoms with van der Waals surface area (Å²) in [6.07, 6.45) is 7.27. The van der Waals surface area contributed by atoms with E-state index in [1.807, 2.05) is 6.07 Å². The van der Waals surface area contributed by atoms with Gasteiger partial charge in [-0.05, 0) is 56.7 Å². The Bertz CT molecular complexity index is 1140. The Morgan fingerprint density at radius 1 is 1.29 bits per heavy atom. The lowest BCUT2D eigenvalue weighted by atomic mass is 9.71. The van der Waals surface area contributed by atoms with E-state index in [1.54, 1.807) is 24.0 Å². The van der Waals surface area contributed by atoms with E-state index in [4.69, 9.17) is 9.15 Å². The van der Waals surface area contributed by atoms with Crippen molar-refractivity contribution in [3.05, 3.63) is 39.7 Å². The van der Waals surface area contributed by atoms with Gasteiger partial charge in [-0.15, -0.1) is 0 Å². The Morgan fingerprint density at radius 3 is 2.91 bits per heavy atom. The molecule has 2 atom stereocenters. The molecule has 2 N–H and O–H groups in total. The number of piperidine rings is 1. The van der Waals surface area contributed by atoms with E-state index in [1.165, 1.54) is 0 Å². The van der Waals surface area contributed by atoms with Crippen LogP contribution in [0.1, 0.15) is 63.0 Å². The molecule has 4 rings (SSSR count). The van der Waals surface area contributed by atoms with E-state index in [9.17, 15) is 19.5 Å². The van der Waals surface area contributed by atoms with Gasteiger partial charge < -0.3 is 24.5 Å². The first kappa shape index (κ1) is 25.2. The number of aryl methyl sites for hydroxylation is 2. The third-order valence-corrected chi connectivity index (χ3v) is 7.57. The van der Waals surface area contributed by atoms with Crippen LogP contribution in [-0.4, -0.2) is 53.7 Å². The minimum absolute atomic E-state index is 0.0975. The summed E-state index contributed by atoms with van der Waals surface area (Å²) < 4.78 is 11.1. The number of amides is 2. The Morgan fingerprint density at radius 2 is 2.11 bits per heavy atom. The first-order valence-electron chi connectivity index (χ1n) is 12.8. The molecule has 2 amide bonds. The SMILES string of the molecule is CCCCc1cc(=O)oc2c(C)c(OCC(=O)NCC(=O)N3CC[C@@]4(O)CCCC[C@H]4C3)ccc12. The number of carbonyl (C=O) groups excluding carboxylic acids is 2. The van der Waals surface area contributed by atoms with Crippen LogP contribution in [0, 0.1) is 12.8 Å². The van der Waals surface area contributed by atoms with Crippen molar-refractivity contribution in [2.75, 3.05) is 26.2 Å². The van der Waals surface area contributed by atoms with Gasteiger partial charge in [0.15, 0.2) is 6.61 Å². The summed E-state index contributed by atoms with van der Waals surface area (Å²) in [6.45, 7) is 4.62. The van der Waals surface area contributed by atoms with E-state index in [2.05, 4.69) is 12.2 Å². The molecule has 2 aromatic rings. The number of rotatable bonds is 8. The molecule has 8 nitrogen and oxygen atoms in total. The molecule has 1 aliphatic heterocycles. The predicted molar refractivity (Wildman–Crippen MR) is 132 cm³/mol. The zero-order valence-electron chi connectivity index (χ0n) is 20.7. The number of nitrogens with one attached hydrogen (secondary N) is 1. The van der Waals surface area contributed by atoms with Crippen molar-refractivity contribution in [1.82, 2.24) is 10.2 Å². The van der Waals surface area contributed by atoms with E-state index in [0.29, 0.717) is 36.4 Å². The molecule has 1 saturated carbocycles. The summed E-state index contributed by atoms with van der Waals surface area (Å²) >= 11 is 0. The van der Waals surface area contributed by atoms with Crippen LogP contribution in [0.25, 0.3) is 11.0 Å². The highest BCUT2D eigenvalue weighted by molar-refractivity contribution is 5.86. The van der Waals surface area contributed by atoms with Gasteiger partial charge in [-0.1, -0.05) is 26.2 Å². The molecule has 0 unspecified atom stereocenters. The fraction of sp³-hybridized carbons (Fsp3) is 0.593. The number of unbranched alkanes of at least 4 members (excludes halogenated alkanes) is 1. The number of aliphatic hydroxyl groups is 1. The van der Waals surface area contributed by atoms with Crippen LogP contribution in [0.5, 0.6) is 5.75 Å². The topological polar surface area (TPSA) is 109 Å². The first-order valence-corrected chi connectivity index (χ1v) is 12.8. The van der Waals surface area contributed by atoms with Crippen molar-refractivity contribution in [2.24, 2.45) is 5.92 Å². The van der Waals surface area contributed by atoms with Gasteiger partial charge in [-0.3, -0.25) is 9.59 Å². The number of nitrogens with zero attached hydrogens (tertiary/aromatic N) is 1. The van der Waals surface area contributed by atoms with Crippen LogP contribution >= 0.6 is 0 Å². The highest BCUT2D eigenvalue weighted by atomic mass is 16.5. The Balaban J connectivity index is 1.31. The van der Waals surface area contributed by atoms with E-state index < -0.39 is 17.1 Å². The summed E-state index contributed by atoms with van der Waals surface area (Å²) in [5.41, 5.74) is 1.05. The lowest BCUT2D eigenvalue weighted by Crippen LogP contribution is -2.56. The van der Waals surface area contributed by atoms with Crippen LogP contribution in [0.3, 0.4) is 0 Å². The largest absolute Gasteiger partial charge is 0.483 e. The minimum atomic E-state index is -0.639. The number of hydrogen-bond acceptors (Lipinski definition) is 6. The molecule has 1 aliphatic carbocycles. The van der Waals surface area contributed by atoms with Gasteiger partial charge in [0.2, 0.25) is 5.91 Å². The van der Waals surface area contributed by atoms with Gasteiger partial charge in [0.05, 0.1) is 12.1 Å². The summed E-state index contributed by atoms with van der Waals surface area (Å²) in [7, 11) is 0. The molecule has 0 radical (unpaired) electrons. The molecule has 1 aromatic heterocycles. The average molecular weight is 485 g/mol. The number of likely N-dealkylation sites (tertiary alicyclic amines) is 1. The van der Waals surface area contributed by atoms with Gasteiger partial charge in [0.1, 0.15) is 11.3 Å². The van der Waals surface area contributed by atoms with Crippen molar-refractivity contribution < 1.29 is 23.8 Å². The van der Waals surface area contributed by atoms with E-state index in [-0.39, 0.29) is 25.0 Å². The predicted octanol–water partition coefficient (Wildman–Crippen LogP) is 3.09. The molecule has 2 fully saturated rings. The maximum atomic E-state index is 12.6. The fourth-order valence-electron chi connectivity index (χ4n) is 5.42. The Hall–Kier alpha value is -2.87. The fourth-order valence-corrected chi connectivity index (χ4v) is 5.42. The maximum Gasteiger partial charge on any atom is 0.336 e. The van der Waals surface area contributed by atoms with Gasteiger partial charge in [-0.25, -0.2) is 4.79 Å². The van der Waals surface area contributed by atoms with E-state index in [0.717, 1.165) is 55.9 Å². The molecule has 1 saturated heterocycles. The number of carbonyl (C=O) groups is 2. The number of hydrogen-bond donors (Lipinski definition) is 2. The smallest absolute Gasteiger partial charge is 0.336 e. The second-order valence-corrected chi connectivity index (χ2v) is 9.96. The normalized spacial score (nSPS) is 22.0. The Kier molecular flexibility index (Phi) is 7.79. The average Bonchev–Trinajstić information content (AvgIpc) is 2.85. The zero-order valence-corrected chi connectivity index (χ0v) is 20.7. The molecule has 0 bridgehead atoms. The first-order chi connectivity index (χ1) is 16.8. The second-order valence-electron chi connectivity index (χ2n) is 9.96. The van der Waals surface area contributed by atoms with Gasteiger partial charge >= 0.3 is 5.63 Å². The highest BCUT2D eigenvalue weighted by Gasteiger charge is 2.43. The van der Waals surface area contributed by atoms with Crippen molar-refractivity contribution >= 4 is 22.8 Å². The molecule has 2 aliphatic rings. The van der Waals surface area contributed by atoms with Gasteiger partial charge in [0.25, 0.3) is 5.91 Å². The van der Waals surface area contributed by atoms with Gasteiger partial charge in [-0.2, -0.15) is 0 Å². The minimum Gasteiger partial charge on any atom is -0.483 e. The monoisotopic (exact) mass is 484 g/mol. The van der Waals surface area contributed by atoms with Gasteiger partial charge in [0, 0.05) is 36.0 Å². The molecule has 190 valence electrons. The van der Waals surface area contributed by atoms with Crippen LogP contribution in [0.4, 0.5) is 0 Å². The summed E-state index contributed by atoms with van der Waals surface area (Å²) in [6, 6.07) is 5.18. The quantitative estimate of drug-likeness (QED) is 0.558. The molecular formula is C27H36N2O6. The standard InChI is InChI=1S/C27H36N2O6/c1-3-4-7-19-14-25(32)35-26-18(2)22(10-9-21(19)26)34-17-23(30)28-15-24(31)29-13-12-27(33)11-6-5-8-20(27)16-29/h9-10,14,20,33H,3-8,11-13,15-17H2,1-2H3,(H,28,30)/t20-,27-/m0/s1. The molecular weight excluding hydrogens is 448 g/mol. The lowest BCUT2D eigenvalue weighted by Gasteiger charge is -2.47. The Labute approximate surface area is 205 Å². The van der Waals surface area contributed by atoms with Crippen molar-refractivity contribution in [3.8, 4) is 5.75 Å². The second kappa shape index (κ2) is 10.8. The number of ether oxygens (including phenoxy) is 1. The van der Waals surface area contributed by atoms with Crippen LogP contribution in [-0.2, 0) is 16.0 Å². The lowest BCUT2D eigenvalue weighted by molar-refractivity contribution is -0.143. The molecule has 0 spiro atoms. The third-order valence-electron chi connectivity index (χ3n) is 7.57. The van der Waals surface area contributed by atoms with Crippen molar-refractivity contribution in [2.45, 2.75) is 70.8 Å². The summed E-state index contributed by atoms with van der Waals surface area (Å²) in [5, 5.41) is 14.3.